The zero-order chi connectivity index (χ0) is 28.3. The Balaban J connectivity index is 1.10. The van der Waals surface area contributed by atoms with Crippen molar-refractivity contribution < 1.29 is 23.8 Å². The summed E-state index contributed by atoms with van der Waals surface area (Å²) in [6, 6.07) is 11.8. The molecule has 0 aliphatic carbocycles. The number of rotatable bonds is 9. The lowest BCUT2D eigenvalue weighted by Crippen LogP contribution is -2.46. The molecule has 6 rings (SSSR count). The lowest BCUT2D eigenvalue weighted by atomic mass is 10.1. The minimum Gasteiger partial charge on any atom is -0.478 e. The van der Waals surface area contributed by atoms with Gasteiger partial charge in [-0.2, -0.15) is 10.2 Å². The Kier molecular flexibility index (Phi) is 7.45. The van der Waals surface area contributed by atoms with Crippen LogP contribution in [0, 0.1) is 17.1 Å². The maximum atomic E-state index is 14.2. The number of aromatic carboxylic acids is 1. The molecule has 11 nitrogen and oxygen atoms in total. The van der Waals surface area contributed by atoms with Gasteiger partial charge in [0, 0.05) is 69.8 Å². The third kappa shape index (κ3) is 5.82. The summed E-state index contributed by atoms with van der Waals surface area (Å²) in [4.78, 5) is 29.7. The highest BCUT2D eigenvalue weighted by molar-refractivity contribution is 5.87. The van der Waals surface area contributed by atoms with E-state index in [1.165, 1.54) is 12.3 Å². The van der Waals surface area contributed by atoms with Gasteiger partial charge in [-0.3, -0.25) is 9.30 Å². The molecule has 2 saturated heterocycles. The molecule has 5 heterocycles. The first-order valence-electron chi connectivity index (χ1n) is 13.4. The second-order valence-electron chi connectivity index (χ2n) is 10.1. The second kappa shape index (κ2) is 11.5. The topological polar surface area (TPSA) is 129 Å². The summed E-state index contributed by atoms with van der Waals surface area (Å²) in [6.45, 7) is 4.43. The highest BCUT2D eigenvalue weighted by Crippen LogP contribution is 2.24. The molecule has 2 aliphatic rings. The summed E-state index contributed by atoms with van der Waals surface area (Å²) >= 11 is 0. The van der Waals surface area contributed by atoms with Gasteiger partial charge in [0.15, 0.2) is 0 Å². The lowest BCUT2D eigenvalue weighted by molar-refractivity contribution is -0.0499. The van der Waals surface area contributed by atoms with Gasteiger partial charge in [-0.1, -0.05) is 12.1 Å². The van der Waals surface area contributed by atoms with Crippen LogP contribution >= 0.6 is 0 Å². The summed E-state index contributed by atoms with van der Waals surface area (Å²) in [7, 11) is 0. The average Bonchev–Trinajstić information content (AvgIpc) is 3.30. The van der Waals surface area contributed by atoms with E-state index in [1.807, 2.05) is 18.2 Å². The molecule has 2 fully saturated rings. The van der Waals surface area contributed by atoms with Crippen molar-refractivity contribution in [1.29, 1.82) is 5.26 Å². The molecule has 4 aromatic rings. The quantitative estimate of drug-likeness (QED) is 0.328. The maximum absolute atomic E-state index is 14.2. The number of halogens is 1. The molecule has 3 aromatic heterocycles. The first-order valence-corrected chi connectivity index (χ1v) is 13.4. The number of benzene rings is 1. The molecule has 1 atom stereocenters. The van der Waals surface area contributed by atoms with Crippen LogP contribution in [0.2, 0.25) is 0 Å². The monoisotopic (exact) mass is 557 g/mol. The molecule has 0 saturated carbocycles. The molecule has 0 spiro atoms. The van der Waals surface area contributed by atoms with Crippen LogP contribution in [-0.4, -0.2) is 74.2 Å². The van der Waals surface area contributed by atoms with Gasteiger partial charge in [0.05, 0.1) is 34.7 Å². The summed E-state index contributed by atoms with van der Waals surface area (Å²) in [5, 5.41) is 18.4. The van der Waals surface area contributed by atoms with Crippen LogP contribution in [0.25, 0.3) is 5.78 Å². The van der Waals surface area contributed by atoms with Crippen LogP contribution in [0.4, 0.5) is 10.2 Å². The lowest BCUT2D eigenvalue weighted by Gasteiger charge is -2.35. The Labute approximate surface area is 235 Å². The third-order valence-electron chi connectivity index (χ3n) is 7.46. The molecular formula is C29H28FN7O4. The van der Waals surface area contributed by atoms with E-state index in [1.54, 1.807) is 28.8 Å². The predicted molar refractivity (Wildman–Crippen MR) is 145 cm³/mol. The van der Waals surface area contributed by atoms with E-state index in [-0.39, 0.29) is 23.8 Å². The van der Waals surface area contributed by atoms with E-state index in [0.29, 0.717) is 30.2 Å². The Morgan fingerprint density at radius 3 is 2.73 bits per heavy atom. The highest BCUT2D eigenvalue weighted by atomic mass is 19.1. The number of fused-ring (bicyclic) bond motifs is 1. The van der Waals surface area contributed by atoms with Crippen LogP contribution in [0.3, 0.4) is 0 Å². The predicted octanol–water partition coefficient (Wildman–Crippen LogP) is 3.07. The summed E-state index contributed by atoms with van der Waals surface area (Å²) in [5.74, 6) is 0.155. The number of carboxylic acid groups (broad SMARTS) is 1. The van der Waals surface area contributed by atoms with E-state index in [9.17, 15) is 14.3 Å². The van der Waals surface area contributed by atoms with Gasteiger partial charge < -0.3 is 19.5 Å². The zero-order valence-corrected chi connectivity index (χ0v) is 22.2. The van der Waals surface area contributed by atoms with Crippen molar-refractivity contribution in [2.24, 2.45) is 0 Å². The summed E-state index contributed by atoms with van der Waals surface area (Å²) < 4.78 is 27.4. The van der Waals surface area contributed by atoms with E-state index in [2.05, 4.69) is 19.8 Å². The van der Waals surface area contributed by atoms with Crippen molar-refractivity contribution in [3.63, 3.8) is 0 Å². The minimum atomic E-state index is -1.03. The van der Waals surface area contributed by atoms with Gasteiger partial charge in [0.1, 0.15) is 18.2 Å². The maximum Gasteiger partial charge on any atom is 0.338 e. The largest absolute Gasteiger partial charge is 0.478 e. The Morgan fingerprint density at radius 1 is 1.20 bits per heavy atom. The van der Waals surface area contributed by atoms with Crippen LogP contribution in [0.5, 0.6) is 5.88 Å². The number of ether oxygens (including phenoxy) is 2. The Hall–Kier alpha value is -4.60. The fraction of sp³-hybridized carbons (Fsp3) is 0.345. The Morgan fingerprint density at radius 2 is 2.02 bits per heavy atom. The molecule has 0 radical (unpaired) electrons. The zero-order valence-electron chi connectivity index (χ0n) is 22.2. The van der Waals surface area contributed by atoms with Crippen LogP contribution in [0.1, 0.15) is 39.3 Å². The number of carboxylic acids is 1. The number of pyridine rings is 1. The fourth-order valence-corrected chi connectivity index (χ4v) is 5.03. The number of carbonyl (C=O) groups is 1. The van der Waals surface area contributed by atoms with Gasteiger partial charge in [-0.05, 0) is 24.6 Å². The Bertz CT molecular complexity index is 1620. The number of nitrogens with zero attached hydrogens (tertiary/aromatic N) is 7. The molecule has 1 N–H and O–H groups in total. The fourth-order valence-electron chi connectivity index (χ4n) is 5.03. The van der Waals surface area contributed by atoms with E-state index in [4.69, 9.17) is 19.7 Å². The SMILES string of the molecule is N#Cc1ccc(COc2cccc(N3CCN(Cc4nc5ncc(C(=O)O)cn5c4CC4CCO4)CC3)n2)c(F)c1. The number of piperazine rings is 1. The van der Waals surface area contributed by atoms with Crippen molar-refractivity contribution in [1.82, 2.24) is 24.3 Å². The number of aromatic nitrogens is 4. The molecule has 210 valence electrons. The highest BCUT2D eigenvalue weighted by Gasteiger charge is 2.26. The summed E-state index contributed by atoms with van der Waals surface area (Å²) in [6.07, 6.45) is 4.65. The number of nitriles is 1. The normalized spacial score (nSPS) is 17.3. The molecule has 1 aromatic carbocycles. The molecule has 41 heavy (non-hydrogen) atoms. The number of anilines is 1. The van der Waals surface area contributed by atoms with Gasteiger partial charge in [0.25, 0.3) is 0 Å². The second-order valence-corrected chi connectivity index (χ2v) is 10.1. The van der Waals surface area contributed by atoms with E-state index < -0.39 is 11.8 Å². The molecule has 2 aliphatic heterocycles. The van der Waals surface area contributed by atoms with Crippen molar-refractivity contribution in [3.8, 4) is 11.9 Å². The van der Waals surface area contributed by atoms with E-state index in [0.717, 1.165) is 56.4 Å². The molecule has 12 heteroatoms. The molecular weight excluding hydrogens is 529 g/mol. The first kappa shape index (κ1) is 26.6. The van der Waals surface area contributed by atoms with Gasteiger partial charge in [0.2, 0.25) is 11.7 Å². The van der Waals surface area contributed by atoms with Crippen LogP contribution in [0.15, 0.2) is 48.8 Å². The smallest absolute Gasteiger partial charge is 0.338 e. The third-order valence-corrected chi connectivity index (χ3v) is 7.46. The number of imidazole rings is 1. The van der Waals surface area contributed by atoms with Gasteiger partial charge in [-0.15, -0.1) is 0 Å². The standard InChI is InChI=1S/C29H28FN7O4/c30-23-12-19(14-31)4-5-20(23)18-41-27-3-1-2-26(34-27)36-9-7-35(8-10-36)17-24-25(13-22-6-11-40-22)37-16-21(28(38)39)15-32-29(37)33-24/h1-5,12,15-16,22H,6-11,13,17-18H2,(H,38,39). The van der Waals surface area contributed by atoms with Crippen molar-refractivity contribution >= 4 is 17.6 Å². The van der Waals surface area contributed by atoms with Crippen LogP contribution < -0.4 is 9.64 Å². The molecule has 1 unspecified atom stereocenters. The minimum absolute atomic E-state index is 0.0117. The molecule has 0 bridgehead atoms. The summed E-state index contributed by atoms with van der Waals surface area (Å²) in [5.41, 5.74) is 2.56. The average molecular weight is 558 g/mol. The van der Waals surface area contributed by atoms with E-state index >= 15 is 0 Å². The van der Waals surface area contributed by atoms with Crippen LogP contribution in [-0.2, 0) is 24.3 Å². The van der Waals surface area contributed by atoms with Gasteiger partial charge >= 0.3 is 5.97 Å². The number of hydrogen-bond acceptors (Lipinski definition) is 9. The first-order chi connectivity index (χ1) is 20.0. The van der Waals surface area contributed by atoms with Gasteiger partial charge in [-0.25, -0.2) is 19.2 Å². The number of hydrogen-bond donors (Lipinski definition) is 1. The van der Waals surface area contributed by atoms with Crippen molar-refractivity contribution in [3.05, 3.63) is 82.7 Å². The van der Waals surface area contributed by atoms with Crippen molar-refractivity contribution in [2.45, 2.75) is 32.1 Å². The van der Waals surface area contributed by atoms with Crippen molar-refractivity contribution in [2.75, 3.05) is 37.7 Å². The molecule has 0 amide bonds.